The number of thioether (sulfide) groups is 1. The van der Waals surface area contributed by atoms with Gasteiger partial charge in [-0.15, -0.1) is 11.8 Å². The van der Waals surface area contributed by atoms with Crippen molar-refractivity contribution in [2.45, 2.75) is 4.90 Å². The molecular weight excluding hydrogens is 368 g/mol. The molecule has 0 atom stereocenters. The van der Waals surface area contributed by atoms with Crippen LogP contribution in [0, 0.1) is 0 Å². The molecule has 0 saturated heterocycles. The van der Waals surface area contributed by atoms with Crippen molar-refractivity contribution in [3.8, 4) is 0 Å². The summed E-state index contributed by atoms with van der Waals surface area (Å²) in [6.07, 6.45) is 1.34. The molecule has 2 aromatic carbocycles. The van der Waals surface area contributed by atoms with Crippen LogP contribution in [-0.4, -0.2) is 30.1 Å². The SMILES string of the molecule is O=C(COC(=O)CSc1ccc2ccccc2c1)NNC(=O)c1ccco1. The maximum atomic E-state index is 11.8. The number of rotatable bonds is 6. The summed E-state index contributed by atoms with van der Waals surface area (Å²) in [5, 5.41) is 2.21. The standard InChI is InChI=1S/C19H16N2O5S/c22-17(20-21-19(24)16-6-3-9-25-16)11-26-18(23)12-27-15-8-7-13-4-1-2-5-14(13)10-15/h1-10H,11-12H2,(H,20,22)(H,21,24). The van der Waals surface area contributed by atoms with Crippen LogP contribution in [-0.2, 0) is 14.3 Å². The molecule has 0 spiro atoms. The molecule has 0 aliphatic carbocycles. The molecule has 0 fully saturated rings. The van der Waals surface area contributed by atoms with Gasteiger partial charge in [-0.3, -0.25) is 25.2 Å². The lowest BCUT2D eigenvalue weighted by atomic mass is 10.1. The van der Waals surface area contributed by atoms with Crippen LogP contribution in [0.1, 0.15) is 10.6 Å². The van der Waals surface area contributed by atoms with E-state index in [0.717, 1.165) is 15.7 Å². The number of hydrogen-bond donors (Lipinski definition) is 2. The van der Waals surface area contributed by atoms with E-state index in [1.165, 1.54) is 24.1 Å². The summed E-state index contributed by atoms with van der Waals surface area (Å²) in [7, 11) is 0. The highest BCUT2D eigenvalue weighted by atomic mass is 32.2. The van der Waals surface area contributed by atoms with Crippen LogP contribution in [0.4, 0.5) is 0 Å². The zero-order valence-electron chi connectivity index (χ0n) is 14.1. The van der Waals surface area contributed by atoms with Crippen molar-refractivity contribution in [3.05, 3.63) is 66.6 Å². The van der Waals surface area contributed by atoms with E-state index >= 15 is 0 Å². The van der Waals surface area contributed by atoms with Gasteiger partial charge in [-0.25, -0.2) is 0 Å². The number of hydrazine groups is 1. The molecule has 3 rings (SSSR count). The molecule has 7 nitrogen and oxygen atoms in total. The first-order chi connectivity index (χ1) is 13.1. The quantitative estimate of drug-likeness (QED) is 0.385. The largest absolute Gasteiger partial charge is 0.459 e. The lowest BCUT2D eigenvalue weighted by molar-refractivity contribution is -0.146. The van der Waals surface area contributed by atoms with Gasteiger partial charge < -0.3 is 9.15 Å². The summed E-state index contributed by atoms with van der Waals surface area (Å²) in [5.41, 5.74) is 4.29. The van der Waals surface area contributed by atoms with Crippen LogP contribution >= 0.6 is 11.8 Å². The van der Waals surface area contributed by atoms with Crippen molar-refractivity contribution < 1.29 is 23.5 Å². The summed E-state index contributed by atoms with van der Waals surface area (Å²) >= 11 is 1.32. The van der Waals surface area contributed by atoms with Crippen molar-refractivity contribution in [1.29, 1.82) is 0 Å². The number of carbonyl (C=O) groups excluding carboxylic acids is 3. The Labute approximate surface area is 159 Å². The second kappa shape index (κ2) is 8.91. The van der Waals surface area contributed by atoms with Gasteiger partial charge in [0.25, 0.3) is 5.91 Å². The first-order valence-corrected chi connectivity index (χ1v) is 9.00. The lowest BCUT2D eigenvalue weighted by Crippen LogP contribution is -2.43. The lowest BCUT2D eigenvalue weighted by Gasteiger charge is -2.07. The Bertz CT molecular complexity index is 956. The molecule has 3 aromatic rings. The van der Waals surface area contributed by atoms with Crippen molar-refractivity contribution in [1.82, 2.24) is 10.9 Å². The number of esters is 1. The molecule has 1 aromatic heterocycles. The third-order valence-corrected chi connectivity index (χ3v) is 4.47. The molecule has 0 saturated carbocycles. The van der Waals surface area contributed by atoms with Crippen LogP contribution in [0.25, 0.3) is 10.8 Å². The van der Waals surface area contributed by atoms with Gasteiger partial charge in [0.2, 0.25) is 0 Å². The fraction of sp³-hybridized carbons (Fsp3) is 0.105. The van der Waals surface area contributed by atoms with Crippen molar-refractivity contribution >= 4 is 40.3 Å². The van der Waals surface area contributed by atoms with Crippen LogP contribution in [0.5, 0.6) is 0 Å². The molecule has 138 valence electrons. The number of nitrogens with one attached hydrogen (secondary N) is 2. The van der Waals surface area contributed by atoms with E-state index in [-0.39, 0.29) is 11.5 Å². The number of carbonyl (C=O) groups is 3. The Morgan fingerprint density at radius 3 is 2.56 bits per heavy atom. The average Bonchev–Trinajstić information content (AvgIpc) is 3.23. The van der Waals surface area contributed by atoms with Crippen LogP contribution < -0.4 is 10.9 Å². The molecule has 1 heterocycles. The van der Waals surface area contributed by atoms with E-state index in [0.29, 0.717) is 0 Å². The molecule has 0 bridgehead atoms. The van der Waals surface area contributed by atoms with Crippen LogP contribution in [0.3, 0.4) is 0 Å². The van der Waals surface area contributed by atoms with Crippen molar-refractivity contribution in [2.24, 2.45) is 0 Å². The summed E-state index contributed by atoms with van der Waals surface area (Å²) in [4.78, 5) is 35.9. The minimum Gasteiger partial charge on any atom is -0.459 e. The molecule has 8 heteroatoms. The highest BCUT2D eigenvalue weighted by molar-refractivity contribution is 8.00. The Morgan fingerprint density at radius 1 is 0.963 bits per heavy atom. The highest BCUT2D eigenvalue weighted by Gasteiger charge is 2.11. The predicted molar refractivity (Wildman–Crippen MR) is 99.9 cm³/mol. The zero-order chi connectivity index (χ0) is 19.1. The molecule has 2 N–H and O–H groups in total. The van der Waals surface area contributed by atoms with Crippen molar-refractivity contribution in [2.75, 3.05) is 12.4 Å². The van der Waals surface area contributed by atoms with Crippen molar-refractivity contribution in [3.63, 3.8) is 0 Å². The Hall–Kier alpha value is -3.26. The van der Waals surface area contributed by atoms with Gasteiger partial charge in [0.1, 0.15) is 0 Å². The number of benzene rings is 2. The molecule has 0 radical (unpaired) electrons. The fourth-order valence-electron chi connectivity index (χ4n) is 2.22. The topological polar surface area (TPSA) is 97.6 Å². The summed E-state index contributed by atoms with van der Waals surface area (Å²) in [6.45, 7) is -0.491. The Morgan fingerprint density at radius 2 is 1.78 bits per heavy atom. The maximum absolute atomic E-state index is 11.8. The Kier molecular flexibility index (Phi) is 6.11. The molecule has 0 aliphatic rings. The molecule has 27 heavy (non-hydrogen) atoms. The first kappa shape index (κ1) is 18.5. The van der Waals surface area contributed by atoms with Gasteiger partial charge in [0.15, 0.2) is 12.4 Å². The summed E-state index contributed by atoms with van der Waals surface area (Å²) in [6, 6.07) is 16.8. The van der Waals surface area contributed by atoms with Crippen LogP contribution in [0.15, 0.2) is 70.2 Å². The van der Waals surface area contributed by atoms with E-state index < -0.39 is 24.4 Å². The predicted octanol–water partition coefficient (Wildman–Crippen LogP) is 2.53. The van der Waals surface area contributed by atoms with Gasteiger partial charge >= 0.3 is 11.9 Å². The molecular formula is C19H16N2O5S. The third-order valence-electron chi connectivity index (χ3n) is 3.50. The van der Waals surface area contributed by atoms with E-state index in [2.05, 4.69) is 10.9 Å². The van der Waals surface area contributed by atoms with E-state index in [9.17, 15) is 14.4 Å². The van der Waals surface area contributed by atoms with Gasteiger partial charge in [-0.05, 0) is 35.0 Å². The second-order valence-electron chi connectivity index (χ2n) is 5.44. The summed E-state index contributed by atoms with van der Waals surface area (Å²) in [5.74, 6) is -1.66. The van der Waals surface area contributed by atoms with Gasteiger partial charge in [-0.1, -0.05) is 30.3 Å². The van der Waals surface area contributed by atoms with E-state index in [1.807, 2.05) is 42.5 Å². The smallest absolute Gasteiger partial charge is 0.316 e. The molecule has 0 aliphatic heterocycles. The van der Waals surface area contributed by atoms with E-state index in [4.69, 9.17) is 9.15 Å². The van der Waals surface area contributed by atoms with E-state index in [1.54, 1.807) is 6.07 Å². The molecule has 0 unspecified atom stereocenters. The van der Waals surface area contributed by atoms with Crippen LogP contribution in [0.2, 0.25) is 0 Å². The van der Waals surface area contributed by atoms with Gasteiger partial charge in [-0.2, -0.15) is 0 Å². The zero-order valence-corrected chi connectivity index (χ0v) is 15.0. The third kappa shape index (κ3) is 5.35. The number of hydrogen-bond acceptors (Lipinski definition) is 6. The second-order valence-corrected chi connectivity index (χ2v) is 6.49. The fourth-order valence-corrected chi connectivity index (χ4v) is 2.96. The maximum Gasteiger partial charge on any atom is 0.316 e. The normalized spacial score (nSPS) is 10.4. The Balaban J connectivity index is 1.38. The first-order valence-electron chi connectivity index (χ1n) is 8.02. The highest BCUT2D eigenvalue weighted by Crippen LogP contribution is 2.23. The van der Waals surface area contributed by atoms with Gasteiger partial charge in [0.05, 0.1) is 12.0 Å². The van der Waals surface area contributed by atoms with Gasteiger partial charge in [0, 0.05) is 4.90 Å². The summed E-state index contributed by atoms with van der Waals surface area (Å²) < 4.78 is 9.76. The molecule has 2 amide bonds. The number of fused-ring (bicyclic) bond motifs is 1. The minimum atomic E-state index is -0.654. The number of amides is 2. The number of furan rings is 1. The minimum absolute atomic E-state index is 0.0547. The monoisotopic (exact) mass is 384 g/mol. The number of ether oxygens (including phenoxy) is 1. The average molecular weight is 384 g/mol.